The molecule has 0 aliphatic carbocycles. The van der Waals surface area contributed by atoms with E-state index < -0.39 is 11.6 Å². The van der Waals surface area contributed by atoms with E-state index in [1.807, 2.05) is 20.9 Å². The van der Waals surface area contributed by atoms with Crippen molar-refractivity contribution in [3.63, 3.8) is 0 Å². The molecule has 0 saturated carbocycles. The summed E-state index contributed by atoms with van der Waals surface area (Å²) in [7, 11) is 1.84. The fraction of sp³-hybridized carbons (Fsp3) is 0.167. The number of amides is 1. The minimum atomic E-state index is -0.939. The summed E-state index contributed by atoms with van der Waals surface area (Å²) in [6.45, 7) is 3.80. The maximum Gasteiger partial charge on any atom is 0.250 e. The lowest BCUT2D eigenvalue weighted by atomic mass is 10.2. The third-order valence-electron chi connectivity index (χ3n) is 3.92. The van der Waals surface area contributed by atoms with Crippen LogP contribution in [0.4, 0.5) is 13.9 Å². The van der Waals surface area contributed by atoms with Gasteiger partial charge in [0.25, 0.3) is 0 Å². The van der Waals surface area contributed by atoms with Crippen molar-refractivity contribution in [1.29, 1.82) is 0 Å². The highest BCUT2D eigenvalue weighted by atomic mass is 32.1. The molecule has 0 spiro atoms. The van der Waals surface area contributed by atoms with E-state index in [9.17, 15) is 13.6 Å². The molecule has 3 rings (SSSR count). The number of rotatable bonds is 4. The molecule has 0 unspecified atom stereocenters. The fourth-order valence-electron chi connectivity index (χ4n) is 2.46. The molecule has 3 aromatic rings. The van der Waals surface area contributed by atoms with E-state index in [-0.39, 0.29) is 5.91 Å². The Labute approximate surface area is 153 Å². The summed E-state index contributed by atoms with van der Waals surface area (Å²) in [6.07, 6.45) is 3.12. The van der Waals surface area contributed by atoms with Crippen LogP contribution in [0.25, 0.3) is 17.3 Å². The lowest BCUT2D eigenvalue weighted by molar-refractivity contribution is -0.111. The van der Waals surface area contributed by atoms with E-state index >= 15 is 0 Å². The standard InChI is InChI=1S/C18H16F2N4OS/c1-10-13(11(2)24(3)23-10)5-7-17(25)22-18-21-16(9-26-18)12-4-6-14(19)15(20)8-12/h4-9H,1-3H3,(H,21,22,25)/b7-5+. The van der Waals surface area contributed by atoms with Crippen molar-refractivity contribution in [3.05, 3.63) is 58.2 Å². The Morgan fingerprint density at radius 2 is 2.04 bits per heavy atom. The van der Waals surface area contributed by atoms with Gasteiger partial charge in [0, 0.05) is 35.3 Å². The van der Waals surface area contributed by atoms with Gasteiger partial charge in [-0.1, -0.05) is 0 Å². The summed E-state index contributed by atoms with van der Waals surface area (Å²) in [5, 5.41) is 8.99. The van der Waals surface area contributed by atoms with Crippen LogP contribution in [0.3, 0.4) is 0 Å². The highest BCUT2D eigenvalue weighted by Crippen LogP contribution is 2.26. The van der Waals surface area contributed by atoms with Gasteiger partial charge in [-0.3, -0.25) is 14.8 Å². The second-order valence-corrected chi connectivity index (χ2v) is 6.56. The van der Waals surface area contributed by atoms with Crippen LogP contribution in [0.5, 0.6) is 0 Å². The van der Waals surface area contributed by atoms with Crippen molar-refractivity contribution in [2.45, 2.75) is 13.8 Å². The van der Waals surface area contributed by atoms with E-state index in [1.165, 1.54) is 23.5 Å². The highest BCUT2D eigenvalue weighted by molar-refractivity contribution is 7.14. The number of aromatic nitrogens is 3. The summed E-state index contributed by atoms with van der Waals surface area (Å²) < 4.78 is 28.1. The molecule has 5 nitrogen and oxygen atoms in total. The number of hydrogen-bond acceptors (Lipinski definition) is 4. The van der Waals surface area contributed by atoms with Crippen LogP contribution < -0.4 is 5.32 Å². The van der Waals surface area contributed by atoms with Crippen molar-refractivity contribution in [3.8, 4) is 11.3 Å². The van der Waals surface area contributed by atoms with Gasteiger partial charge in [0.2, 0.25) is 5.91 Å². The molecule has 1 amide bonds. The first-order valence-electron chi connectivity index (χ1n) is 7.75. The molecule has 1 N–H and O–H groups in total. The number of carbonyl (C=O) groups excluding carboxylic acids is 1. The number of nitrogens with zero attached hydrogens (tertiary/aromatic N) is 3. The summed E-state index contributed by atoms with van der Waals surface area (Å²) in [5.74, 6) is -2.19. The molecule has 2 heterocycles. The van der Waals surface area contributed by atoms with Gasteiger partial charge >= 0.3 is 0 Å². The number of hydrogen-bond donors (Lipinski definition) is 1. The molecule has 0 bridgehead atoms. The average Bonchev–Trinajstić information content (AvgIpc) is 3.14. The predicted molar refractivity (Wildman–Crippen MR) is 97.8 cm³/mol. The van der Waals surface area contributed by atoms with Gasteiger partial charge in [-0.2, -0.15) is 5.10 Å². The molecule has 0 atom stereocenters. The van der Waals surface area contributed by atoms with Gasteiger partial charge in [0.1, 0.15) is 0 Å². The zero-order valence-corrected chi connectivity index (χ0v) is 15.2. The third kappa shape index (κ3) is 3.70. The zero-order chi connectivity index (χ0) is 18.8. The van der Waals surface area contributed by atoms with Crippen LogP contribution in [-0.2, 0) is 11.8 Å². The van der Waals surface area contributed by atoms with E-state index in [4.69, 9.17) is 0 Å². The first kappa shape index (κ1) is 17.9. The Hall–Kier alpha value is -2.87. The summed E-state index contributed by atoms with van der Waals surface area (Å²) in [4.78, 5) is 16.3. The Morgan fingerprint density at radius 3 is 2.69 bits per heavy atom. The van der Waals surface area contributed by atoms with Crippen LogP contribution in [0, 0.1) is 25.5 Å². The molecule has 8 heteroatoms. The maximum atomic E-state index is 13.3. The number of aryl methyl sites for hydroxylation is 2. The molecular formula is C18H16F2N4OS. The lowest BCUT2D eigenvalue weighted by Gasteiger charge is -1.99. The van der Waals surface area contributed by atoms with Crippen LogP contribution in [0.15, 0.2) is 29.7 Å². The van der Waals surface area contributed by atoms with Crippen LogP contribution in [-0.4, -0.2) is 20.7 Å². The van der Waals surface area contributed by atoms with Crippen molar-refractivity contribution >= 4 is 28.5 Å². The molecule has 2 aromatic heterocycles. The lowest BCUT2D eigenvalue weighted by Crippen LogP contribution is -2.07. The van der Waals surface area contributed by atoms with E-state index in [0.717, 1.165) is 29.1 Å². The summed E-state index contributed by atoms with van der Waals surface area (Å²) in [6, 6.07) is 3.56. The maximum absolute atomic E-state index is 13.3. The van der Waals surface area contributed by atoms with Crippen LogP contribution in [0.1, 0.15) is 17.0 Å². The molecule has 0 radical (unpaired) electrons. The Bertz CT molecular complexity index is 1010. The second kappa shape index (κ2) is 7.17. The number of nitrogens with one attached hydrogen (secondary N) is 1. The van der Waals surface area contributed by atoms with Gasteiger partial charge < -0.3 is 0 Å². The molecule has 0 saturated heterocycles. The first-order valence-corrected chi connectivity index (χ1v) is 8.63. The Kier molecular flexibility index (Phi) is 4.94. The molecule has 0 aliphatic heterocycles. The molecule has 0 fully saturated rings. The third-order valence-corrected chi connectivity index (χ3v) is 4.67. The summed E-state index contributed by atoms with van der Waals surface area (Å²) >= 11 is 1.21. The topological polar surface area (TPSA) is 59.8 Å². The molecule has 1 aromatic carbocycles. The minimum Gasteiger partial charge on any atom is -0.298 e. The monoisotopic (exact) mass is 374 g/mol. The number of thiazole rings is 1. The minimum absolute atomic E-state index is 0.334. The van der Waals surface area contributed by atoms with E-state index in [1.54, 1.807) is 16.1 Å². The smallest absolute Gasteiger partial charge is 0.250 e. The zero-order valence-electron chi connectivity index (χ0n) is 14.4. The fourth-order valence-corrected chi connectivity index (χ4v) is 3.18. The summed E-state index contributed by atoms with van der Waals surface area (Å²) in [5.41, 5.74) is 3.60. The van der Waals surface area contributed by atoms with Crippen LogP contribution >= 0.6 is 11.3 Å². The Balaban J connectivity index is 1.71. The van der Waals surface area contributed by atoms with Gasteiger partial charge in [0.05, 0.1) is 11.4 Å². The number of anilines is 1. The second-order valence-electron chi connectivity index (χ2n) is 5.70. The molecule has 26 heavy (non-hydrogen) atoms. The SMILES string of the molecule is Cc1nn(C)c(C)c1/C=C/C(=O)Nc1nc(-c2ccc(F)c(F)c2)cs1. The average molecular weight is 374 g/mol. The van der Waals surface area contributed by atoms with Crippen LogP contribution in [0.2, 0.25) is 0 Å². The number of benzene rings is 1. The van der Waals surface area contributed by atoms with Gasteiger partial charge in [-0.15, -0.1) is 11.3 Å². The Morgan fingerprint density at radius 1 is 1.27 bits per heavy atom. The molecular weight excluding hydrogens is 358 g/mol. The highest BCUT2D eigenvalue weighted by Gasteiger charge is 2.10. The predicted octanol–water partition coefficient (Wildman–Crippen LogP) is 4.09. The van der Waals surface area contributed by atoms with Gasteiger partial charge in [-0.05, 0) is 38.1 Å². The quantitative estimate of drug-likeness (QED) is 0.700. The largest absolute Gasteiger partial charge is 0.298 e. The van der Waals surface area contributed by atoms with E-state index in [2.05, 4.69) is 15.4 Å². The van der Waals surface area contributed by atoms with Crippen molar-refractivity contribution in [2.24, 2.45) is 7.05 Å². The van der Waals surface area contributed by atoms with Gasteiger partial charge in [0.15, 0.2) is 16.8 Å². The van der Waals surface area contributed by atoms with Crippen molar-refractivity contribution < 1.29 is 13.6 Å². The number of carbonyl (C=O) groups is 1. The molecule has 134 valence electrons. The molecule has 0 aliphatic rings. The van der Waals surface area contributed by atoms with Gasteiger partial charge in [-0.25, -0.2) is 13.8 Å². The number of halogens is 2. The van der Waals surface area contributed by atoms with E-state index in [0.29, 0.717) is 16.4 Å². The normalized spacial score (nSPS) is 11.3. The van der Waals surface area contributed by atoms with Crippen molar-refractivity contribution in [2.75, 3.05) is 5.32 Å². The van der Waals surface area contributed by atoms with Crippen molar-refractivity contribution in [1.82, 2.24) is 14.8 Å². The first-order chi connectivity index (χ1) is 12.3.